The van der Waals surface area contributed by atoms with Crippen LogP contribution in [0.25, 0.3) is 0 Å². The predicted molar refractivity (Wildman–Crippen MR) is 84.4 cm³/mol. The molecule has 4 aliphatic rings. The molecule has 0 saturated heterocycles. The number of quaternary nitrogens is 1. The van der Waals surface area contributed by atoms with E-state index in [9.17, 15) is 5.11 Å². The van der Waals surface area contributed by atoms with Gasteiger partial charge in [0.25, 0.3) is 0 Å². The summed E-state index contributed by atoms with van der Waals surface area (Å²) in [6.07, 6.45) is 12.0. The van der Waals surface area contributed by atoms with Crippen LogP contribution in [0.15, 0.2) is 0 Å². The van der Waals surface area contributed by atoms with Gasteiger partial charge in [0.05, 0.1) is 12.1 Å². The first kappa shape index (κ1) is 14.5. The van der Waals surface area contributed by atoms with E-state index in [1.807, 2.05) is 0 Å². The fourth-order valence-corrected chi connectivity index (χ4v) is 7.32. The quantitative estimate of drug-likeness (QED) is 0.708. The van der Waals surface area contributed by atoms with Crippen LogP contribution in [0.4, 0.5) is 0 Å². The highest BCUT2D eigenvalue weighted by atomic mass is 16.3. The molecule has 0 aromatic rings. The summed E-state index contributed by atoms with van der Waals surface area (Å²) in [7, 11) is 0. The van der Waals surface area contributed by atoms with Crippen LogP contribution in [0.1, 0.15) is 71.6 Å². The Bertz CT molecular complexity index is 424. The molecule has 0 heterocycles. The normalized spacial score (nSPS) is 60.0. The monoisotopic (exact) mass is 292 g/mol. The van der Waals surface area contributed by atoms with Crippen molar-refractivity contribution in [3.8, 4) is 0 Å². The summed E-state index contributed by atoms with van der Waals surface area (Å²) < 4.78 is 0. The Labute approximate surface area is 129 Å². The summed E-state index contributed by atoms with van der Waals surface area (Å²) in [6.45, 7) is 5.02. The average molecular weight is 292 g/mol. The van der Waals surface area contributed by atoms with Crippen LogP contribution in [-0.2, 0) is 0 Å². The Morgan fingerprint density at radius 1 is 0.857 bits per heavy atom. The van der Waals surface area contributed by atoms with E-state index in [0.29, 0.717) is 11.5 Å². The number of hydrogen-bond donors (Lipinski definition) is 2. The fraction of sp³-hybridized carbons (Fsp3) is 1.00. The summed E-state index contributed by atoms with van der Waals surface area (Å²) >= 11 is 0. The van der Waals surface area contributed by atoms with Gasteiger partial charge in [-0.2, -0.15) is 0 Å². The zero-order chi connectivity index (χ0) is 14.8. The molecule has 0 spiro atoms. The van der Waals surface area contributed by atoms with Crippen molar-refractivity contribution in [3.63, 3.8) is 0 Å². The molecule has 0 aromatic heterocycles. The third kappa shape index (κ3) is 1.91. The Morgan fingerprint density at radius 3 is 2.38 bits per heavy atom. The van der Waals surface area contributed by atoms with E-state index in [1.165, 1.54) is 51.4 Å². The van der Waals surface area contributed by atoms with Crippen LogP contribution in [-0.4, -0.2) is 17.3 Å². The Kier molecular flexibility index (Phi) is 3.25. The van der Waals surface area contributed by atoms with E-state index in [2.05, 4.69) is 19.6 Å². The van der Waals surface area contributed by atoms with E-state index >= 15 is 0 Å². The van der Waals surface area contributed by atoms with Gasteiger partial charge in [0.15, 0.2) is 0 Å². The number of rotatable bonds is 0. The molecule has 2 nitrogen and oxygen atoms in total. The van der Waals surface area contributed by atoms with Gasteiger partial charge in [-0.05, 0) is 85.9 Å². The van der Waals surface area contributed by atoms with Gasteiger partial charge in [0.2, 0.25) is 0 Å². The second kappa shape index (κ2) is 4.71. The molecule has 5 unspecified atom stereocenters. The van der Waals surface area contributed by atoms with Gasteiger partial charge in [0, 0.05) is 6.42 Å². The van der Waals surface area contributed by atoms with Gasteiger partial charge in [-0.1, -0.05) is 13.8 Å². The van der Waals surface area contributed by atoms with E-state index in [0.717, 1.165) is 30.1 Å². The standard InChI is InChI=1S/C19H33NO/c1-18-9-7-13(20)11-12(18)3-4-14-15-5-6-17(21)19(15,2)10-8-16(14)18/h12-17,21H,3-11,20H2,1-2H3/p+1/t12-,13+,14?,15?,16?,17+,18?,19?/m0/s1. The smallest absolute Gasteiger partial charge is 0.0846 e. The summed E-state index contributed by atoms with van der Waals surface area (Å²) in [4.78, 5) is 0. The highest BCUT2D eigenvalue weighted by Gasteiger charge is 2.60. The van der Waals surface area contributed by atoms with Crippen LogP contribution < -0.4 is 5.73 Å². The first-order chi connectivity index (χ1) is 9.95. The van der Waals surface area contributed by atoms with Crippen LogP contribution >= 0.6 is 0 Å². The maximum atomic E-state index is 10.5. The summed E-state index contributed by atoms with van der Waals surface area (Å²) in [5.41, 5.74) is 5.20. The van der Waals surface area contributed by atoms with E-state index in [-0.39, 0.29) is 11.5 Å². The van der Waals surface area contributed by atoms with Gasteiger partial charge < -0.3 is 10.8 Å². The molecule has 120 valence electrons. The molecule has 0 aromatic carbocycles. The molecule has 0 aliphatic heterocycles. The van der Waals surface area contributed by atoms with Gasteiger partial charge in [0.1, 0.15) is 0 Å². The van der Waals surface area contributed by atoms with Crippen LogP contribution in [0.5, 0.6) is 0 Å². The maximum Gasteiger partial charge on any atom is 0.0846 e. The van der Waals surface area contributed by atoms with Crippen molar-refractivity contribution >= 4 is 0 Å². The van der Waals surface area contributed by atoms with E-state index in [1.54, 1.807) is 0 Å². The van der Waals surface area contributed by atoms with Crippen LogP contribution in [0.3, 0.4) is 0 Å². The number of aliphatic hydroxyl groups excluding tert-OH is 1. The van der Waals surface area contributed by atoms with E-state index in [4.69, 9.17) is 0 Å². The first-order valence-electron chi connectivity index (χ1n) is 9.46. The molecule has 4 fully saturated rings. The predicted octanol–water partition coefficient (Wildman–Crippen LogP) is 3.00. The molecule has 0 amide bonds. The third-order valence-corrected chi connectivity index (χ3v) is 8.72. The minimum atomic E-state index is -0.0236. The largest absolute Gasteiger partial charge is 0.393 e. The van der Waals surface area contributed by atoms with Crippen molar-refractivity contribution in [2.24, 2.45) is 34.5 Å². The summed E-state index contributed by atoms with van der Waals surface area (Å²) in [5.74, 6) is 3.59. The topological polar surface area (TPSA) is 47.9 Å². The maximum absolute atomic E-state index is 10.5. The van der Waals surface area contributed by atoms with Crippen molar-refractivity contribution < 1.29 is 10.8 Å². The molecule has 4 aliphatic carbocycles. The number of aliphatic hydroxyl groups is 1. The Balaban J connectivity index is 1.62. The third-order valence-electron chi connectivity index (χ3n) is 8.72. The molecular formula is C19H34NO+. The minimum absolute atomic E-state index is 0.0236. The zero-order valence-electron chi connectivity index (χ0n) is 14.0. The van der Waals surface area contributed by atoms with Gasteiger partial charge in [-0.15, -0.1) is 0 Å². The van der Waals surface area contributed by atoms with Crippen molar-refractivity contribution in [1.82, 2.24) is 0 Å². The molecule has 0 bridgehead atoms. The number of fused-ring (bicyclic) bond motifs is 5. The highest BCUT2D eigenvalue weighted by molar-refractivity contribution is 5.09. The minimum Gasteiger partial charge on any atom is -0.393 e. The molecule has 4 saturated carbocycles. The second-order valence-corrected chi connectivity index (χ2v) is 9.43. The van der Waals surface area contributed by atoms with Crippen molar-refractivity contribution in [1.29, 1.82) is 0 Å². The zero-order valence-corrected chi connectivity index (χ0v) is 14.0. The SMILES string of the molecule is CC12CC[C@@H]([NH3+])C[C@@H]1CCC1C2CCC2(C)C1CC[C@H]2O. The Morgan fingerprint density at radius 2 is 1.57 bits per heavy atom. The molecule has 4 N–H and O–H groups in total. The van der Waals surface area contributed by atoms with Crippen molar-refractivity contribution in [3.05, 3.63) is 0 Å². The Hall–Kier alpha value is -0.0800. The lowest BCUT2D eigenvalue weighted by Crippen LogP contribution is -2.65. The number of hydrogen-bond acceptors (Lipinski definition) is 1. The van der Waals surface area contributed by atoms with Gasteiger partial charge in [-0.3, -0.25) is 0 Å². The average Bonchev–Trinajstić information content (AvgIpc) is 2.76. The molecule has 4 rings (SSSR count). The molecule has 8 atom stereocenters. The molecule has 2 heteroatoms. The second-order valence-electron chi connectivity index (χ2n) is 9.43. The summed E-state index contributed by atoms with van der Waals surface area (Å²) in [5, 5.41) is 10.5. The van der Waals surface area contributed by atoms with Crippen LogP contribution in [0.2, 0.25) is 0 Å². The van der Waals surface area contributed by atoms with E-state index < -0.39 is 0 Å². The van der Waals surface area contributed by atoms with Crippen LogP contribution in [0, 0.1) is 34.5 Å². The molecular weight excluding hydrogens is 258 g/mol. The molecule has 0 radical (unpaired) electrons. The fourth-order valence-electron chi connectivity index (χ4n) is 7.32. The van der Waals surface area contributed by atoms with Crippen molar-refractivity contribution in [2.45, 2.75) is 83.8 Å². The lowest BCUT2D eigenvalue weighted by atomic mass is 9.45. The lowest BCUT2D eigenvalue weighted by Gasteiger charge is -2.60. The molecule has 21 heavy (non-hydrogen) atoms. The van der Waals surface area contributed by atoms with Crippen molar-refractivity contribution in [2.75, 3.05) is 0 Å². The highest BCUT2D eigenvalue weighted by Crippen LogP contribution is 2.65. The van der Waals surface area contributed by atoms with Gasteiger partial charge >= 0.3 is 0 Å². The summed E-state index contributed by atoms with van der Waals surface area (Å²) in [6, 6.07) is 0.710. The van der Waals surface area contributed by atoms with Gasteiger partial charge in [-0.25, -0.2) is 0 Å². The lowest BCUT2D eigenvalue weighted by molar-refractivity contribution is -0.433. The first-order valence-corrected chi connectivity index (χ1v) is 9.46.